The standard InChI is InChI=1S/C17H15N3O3/c18-9-14-6-7-19-16(8-14)23-15-10-20(11-15)17(21)22-12-13-4-2-1-3-5-13/h1-8,15H,10-12H2. The zero-order valence-corrected chi connectivity index (χ0v) is 12.4. The lowest BCUT2D eigenvalue weighted by molar-refractivity contribution is 0.00678. The Balaban J connectivity index is 1.43. The maximum atomic E-state index is 11.9. The lowest BCUT2D eigenvalue weighted by Crippen LogP contribution is -2.56. The summed E-state index contributed by atoms with van der Waals surface area (Å²) >= 11 is 0. The van der Waals surface area contributed by atoms with Crippen LogP contribution in [0.5, 0.6) is 5.88 Å². The molecule has 0 spiro atoms. The van der Waals surface area contributed by atoms with Gasteiger partial charge >= 0.3 is 6.09 Å². The average molecular weight is 309 g/mol. The van der Waals surface area contributed by atoms with Gasteiger partial charge in [-0.2, -0.15) is 5.26 Å². The van der Waals surface area contributed by atoms with Crippen LogP contribution in [0, 0.1) is 11.3 Å². The van der Waals surface area contributed by atoms with Crippen molar-refractivity contribution in [2.24, 2.45) is 0 Å². The maximum absolute atomic E-state index is 11.9. The fourth-order valence-electron chi connectivity index (χ4n) is 2.19. The van der Waals surface area contributed by atoms with E-state index in [4.69, 9.17) is 14.7 Å². The van der Waals surface area contributed by atoms with E-state index < -0.39 is 0 Å². The molecule has 1 saturated heterocycles. The molecule has 0 saturated carbocycles. The van der Waals surface area contributed by atoms with Gasteiger partial charge in [0.1, 0.15) is 12.7 Å². The lowest BCUT2D eigenvalue weighted by Gasteiger charge is -2.37. The number of carbonyl (C=O) groups excluding carboxylic acids is 1. The second-order valence-electron chi connectivity index (χ2n) is 5.18. The highest BCUT2D eigenvalue weighted by Crippen LogP contribution is 2.18. The molecule has 23 heavy (non-hydrogen) atoms. The fraction of sp³-hybridized carbons (Fsp3) is 0.235. The van der Waals surface area contributed by atoms with E-state index in [0.29, 0.717) is 24.5 Å². The number of pyridine rings is 1. The summed E-state index contributed by atoms with van der Waals surface area (Å²) in [6.07, 6.45) is 1.05. The highest BCUT2D eigenvalue weighted by molar-refractivity contribution is 5.68. The smallest absolute Gasteiger partial charge is 0.410 e. The van der Waals surface area contributed by atoms with Crippen LogP contribution in [0.15, 0.2) is 48.7 Å². The molecule has 1 amide bonds. The molecular weight excluding hydrogens is 294 g/mol. The third kappa shape index (κ3) is 3.77. The number of hydrogen-bond donors (Lipinski definition) is 0. The van der Waals surface area contributed by atoms with Gasteiger partial charge in [-0.15, -0.1) is 0 Å². The van der Waals surface area contributed by atoms with Crippen LogP contribution in [0.3, 0.4) is 0 Å². The number of nitriles is 1. The quantitative estimate of drug-likeness (QED) is 0.866. The summed E-state index contributed by atoms with van der Waals surface area (Å²) in [6.45, 7) is 1.16. The Hall–Kier alpha value is -3.07. The molecule has 3 rings (SSSR count). The number of ether oxygens (including phenoxy) is 2. The molecule has 0 aliphatic carbocycles. The van der Waals surface area contributed by atoms with Gasteiger partial charge in [0.2, 0.25) is 5.88 Å². The first-order valence-corrected chi connectivity index (χ1v) is 7.23. The second kappa shape index (κ2) is 6.79. The molecule has 1 aromatic carbocycles. The molecular formula is C17H15N3O3. The van der Waals surface area contributed by atoms with Crippen molar-refractivity contribution in [3.8, 4) is 11.9 Å². The highest BCUT2D eigenvalue weighted by Gasteiger charge is 2.33. The van der Waals surface area contributed by atoms with Gasteiger partial charge in [-0.25, -0.2) is 9.78 Å². The number of benzene rings is 1. The summed E-state index contributed by atoms with van der Waals surface area (Å²) in [7, 11) is 0. The largest absolute Gasteiger partial charge is 0.471 e. The number of carbonyl (C=O) groups is 1. The summed E-state index contributed by atoms with van der Waals surface area (Å²) in [5.74, 6) is 0.395. The predicted octanol–water partition coefficient (Wildman–Crippen LogP) is 2.35. The number of likely N-dealkylation sites (tertiary alicyclic amines) is 1. The molecule has 0 bridgehead atoms. The number of nitrogens with zero attached hydrogens (tertiary/aromatic N) is 3. The van der Waals surface area contributed by atoms with E-state index in [-0.39, 0.29) is 18.8 Å². The van der Waals surface area contributed by atoms with Gasteiger partial charge in [-0.3, -0.25) is 0 Å². The minimum absolute atomic E-state index is 0.124. The second-order valence-corrected chi connectivity index (χ2v) is 5.18. The van der Waals surface area contributed by atoms with Gasteiger partial charge in [-0.05, 0) is 11.6 Å². The Morgan fingerprint density at radius 3 is 2.83 bits per heavy atom. The van der Waals surface area contributed by atoms with Crippen LogP contribution in [0.4, 0.5) is 4.79 Å². The summed E-state index contributed by atoms with van der Waals surface area (Å²) in [5, 5.41) is 8.83. The third-order valence-electron chi connectivity index (χ3n) is 3.46. The normalized spacial score (nSPS) is 13.8. The Morgan fingerprint density at radius 1 is 1.30 bits per heavy atom. The van der Waals surface area contributed by atoms with Gasteiger partial charge in [-0.1, -0.05) is 30.3 Å². The molecule has 1 aromatic heterocycles. The van der Waals surface area contributed by atoms with Crippen molar-refractivity contribution in [2.45, 2.75) is 12.7 Å². The Labute approximate surface area is 133 Å². The first-order chi connectivity index (χ1) is 11.2. The first-order valence-electron chi connectivity index (χ1n) is 7.23. The number of amides is 1. The van der Waals surface area contributed by atoms with Crippen molar-refractivity contribution in [3.63, 3.8) is 0 Å². The van der Waals surface area contributed by atoms with Gasteiger partial charge in [0.05, 0.1) is 24.7 Å². The topological polar surface area (TPSA) is 75.5 Å². The van der Waals surface area contributed by atoms with Gasteiger partial charge < -0.3 is 14.4 Å². The van der Waals surface area contributed by atoms with Crippen LogP contribution < -0.4 is 4.74 Å². The Kier molecular flexibility index (Phi) is 4.39. The summed E-state index contributed by atoms with van der Waals surface area (Å²) < 4.78 is 10.9. The molecule has 0 N–H and O–H groups in total. The molecule has 1 aliphatic heterocycles. The van der Waals surface area contributed by atoms with Crippen molar-refractivity contribution in [3.05, 3.63) is 59.8 Å². The summed E-state index contributed by atoms with van der Waals surface area (Å²) in [4.78, 5) is 17.5. The molecule has 6 nitrogen and oxygen atoms in total. The zero-order chi connectivity index (χ0) is 16.1. The van der Waals surface area contributed by atoms with E-state index in [9.17, 15) is 4.79 Å². The third-order valence-corrected chi connectivity index (χ3v) is 3.46. The van der Waals surface area contributed by atoms with Gasteiger partial charge in [0.15, 0.2) is 0 Å². The lowest BCUT2D eigenvalue weighted by atomic mass is 10.2. The maximum Gasteiger partial charge on any atom is 0.410 e. The fourth-order valence-corrected chi connectivity index (χ4v) is 2.19. The van der Waals surface area contributed by atoms with E-state index in [1.165, 1.54) is 6.20 Å². The van der Waals surface area contributed by atoms with E-state index >= 15 is 0 Å². The molecule has 0 radical (unpaired) electrons. The molecule has 2 heterocycles. The van der Waals surface area contributed by atoms with Gasteiger partial charge in [0.25, 0.3) is 0 Å². The highest BCUT2D eigenvalue weighted by atomic mass is 16.6. The summed E-state index contributed by atoms with van der Waals surface area (Å²) in [5.41, 5.74) is 1.44. The van der Waals surface area contributed by atoms with E-state index in [1.807, 2.05) is 36.4 Å². The molecule has 1 aliphatic rings. The summed E-state index contributed by atoms with van der Waals surface area (Å²) in [6, 6.07) is 14.8. The number of hydrogen-bond acceptors (Lipinski definition) is 5. The number of aromatic nitrogens is 1. The molecule has 6 heteroatoms. The van der Waals surface area contributed by atoms with Crippen molar-refractivity contribution in [1.82, 2.24) is 9.88 Å². The predicted molar refractivity (Wildman–Crippen MR) is 81.6 cm³/mol. The van der Waals surface area contributed by atoms with Crippen molar-refractivity contribution in [1.29, 1.82) is 5.26 Å². The van der Waals surface area contributed by atoms with Crippen molar-refractivity contribution >= 4 is 6.09 Å². The first kappa shape index (κ1) is 14.9. The van der Waals surface area contributed by atoms with E-state index in [2.05, 4.69) is 4.98 Å². The van der Waals surface area contributed by atoms with Crippen LogP contribution in [-0.4, -0.2) is 35.2 Å². The molecule has 0 atom stereocenters. The average Bonchev–Trinajstić information content (AvgIpc) is 2.56. The van der Waals surface area contributed by atoms with Crippen LogP contribution in [0.25, 0.3) is 0 Å². The van der Waals surface area contributed by atoms with Crippen LogP contribution in [-0.2, 0) is 11.3 Å². The Bertz CT molecular complexity index is 721. The van der Waals surface area contributed by atoms with Crippen LogP contribution in [0.1, 0.15) is 11.1 Å². The van der Waals surface area contributed by atoms with Crippen LogP contribution >= 0.6 is 0 Å². The van der Waals surface area contributed by atoms with E-state index in [0.717, 1.165) is 5.56 Å². The minimum Gasteiger partial charge on any atom is -0.471 e. The van der Waals surface area contributed by atoms with Gasteiger partial charge in [0, 0.05) is 12.3 Å². The van der Waals surface area contributed by atoms with E-state index in [1.54, 1.807) is 17.0 Å². The Morgan fingerprint density at radius 2 is 2.09 bits per heavy atom. The minimum atomic E-state index is -0.354. The van der Waals surface area contributed by atoms with Crippen molar-refractivity contribution < 1.29 is 14.3 Å². The SMILES string of the molecule is N#Cc1ccnc(OC2CN(C(=O)OCc3ccccc3)C2)c1. The molecule has 0 unspecified atom stereocenters. The molecule has 1 fully saturated rings. The van der Waals surface area contributed by atoms with Crippen LogP contribution in [0.2, 0.25) is 0 Å². The number of rotatable bonds is 4. The van der Waals surface area contributed by atoms with Crippen molar-refractivity contribution in [2.75, 3.05) is 13.1 Å². The zero-order valence-electron chi connectivity index (χ0n) is 12.4. The monoisotopic (exact) mass is 309 g/mol. The molecule has 116 valence electrons. The molecule has 2 aromatic rings.